The number of hydrogen-bond acceptors (Lipinski definition) is 4. The molecule has 6 nitrogen and oxygen atoms in total. The first-order valence-electron chi connectivity index (χ1n) is 5.80. The van der Waals surface area contributed by atoms with Crippen LogP contribution in [0, 0.1) is 0 Å². The molecule has 2 heterocycles. The molecule has 0 aliphatic rings. The van der Waals surface area contributed by atoms with Gasteiger partial charge >= 0.3 is 0 Å². The van der Waals surface area contributed by atoms with Crippen LogP contribution in [0.3, 0.4) is 0 Å². The first kappa shape index (κ1) is 12.4. The second-order valence-corrected chi connectivity index (χ2v) is 4.57. The minimum atomic E-state index is -0.401. The van der Waals surface area contributed by atoms with Crippen molar-refractivity contribution < 1.29 is 4.79 Å². The maximum Gasteiger partial charge on any atom is 0.277 e. The number of nitrogens with two attached hydrogens (primary N) is 1. The largest absolute Gasteiger partial charge is 0.399 e. The lowest BCUT2D eigenvalue weighted by molar-refractivity contribution is 0.102. The van der Waals surface area contributed by atoms with Gasteiger partial charge in [-0.2, -0.15) is 5.10 Å². The number of benzene rings is 1. The van der Waals surface area contributed by atoms with Crippen LogP contribution >= 0.6 is 11.6 Å². The van der Waals surface area contributed by atoms with E-state index in [0.29, 0.717) is 21.9 Å². The Morgan fingerprint density at radius 2 is 2.20 bits per heavy atom. The molecule has 0 saturated carbocycles. The molecule has 3 rings (SSSR count). The number of halogens is 1. The van der Waals surface area contributed by atoms with Gasteiger partial charge in [0.25, 0.3) is 5.91 Å². The Morgan fingerprint density at radius 3 is 3.00 bits per heavy atom. The number of carbonyl (C=O) groups is 1. The van der Waals surface area contributed by atoms with Crippen molar-refractivity contribution in [2.45, 2.75) is 0 Å². The molecule has 0 aliphatic heterocycles. The standard InChI is InChI=1S/C13H10ClN5O/c14-9-2-1-5-16-12(9)17-13(20)11-8-6-7(15)3-4-10(8)18-19-11/h1-6H,15H2,(H,18,19)(H,16,17,20). The third-order valence-electron chi connectivity index (χ3n) is 2.79. The first-order chi connectivity index (χ1) is 9.65. The van der Waals surface area contributed by atoms with Crippen LogP contribution < -0.4 is 11.1 Å². The van der Waals surface area contributed by atoms with E-state index in [9.17, 15) is 4.79 Å². The maximum atomic E-state index is 12.2. The molecule has 0 unspecified atom stereocenters. The third kappa shape index (κ3) is 2.17. The number of pyridine rings is 1. The van der Waals surface area contributed by atoms with E-state index in [1.165, 1.54) is 0 Å². The quantitative estimate of drug-likeness (QED) is 0.631. The zero-order valence-corrected chi connectivity index (χ0v) is 11.0. The van der Waals surface area contributed by atoms with E-state index in [1.54, 1.807) is 36.5 Å². The molecule has 100 valence electrons. The monoisotopic (exact) mass is 287 g/mol. The van der Waals surface area contributed by atoms with Crippen molar-refractivity contribution in [1.29, 1.82) is 0 Å². The molecule has 2 aromatic heterocycles. The van der Waals surface area contributed by atoms with Gasteiger partial charge in [-0.1, -0.05) is 11.6 Å². The van der Waals surface area contributed by atoms with Gasteiger partial charge in [-0.05, 0) is 30.3 Å². The van der Waals surface area contributed by atoms with Gasteiger partial charge in [0, 0.05) is 17.3 Å². The van der Waals surface area contributed by atoms with Crippen LogP contribution in [0.1, 0.15) is 10.5 Å². The van der Waals surface area contributed by atoms with Crippen molar-refractivity contribution in [3.8, 4) is 0 Å². The molecule has 0 radical (unpaired) electrons. The summed E-state index contributed by atoms with van der Waals surface area (Å²) in [5.41, 5.74) is 7.26. The lowest BCUT2D eigenvalue weighted by Crippen LogP contribution is -2.14. The Labute approximate surface area is 119 Å². The second kappa shape index (κ2) is 4.82. The van der Waals surface area contributed by atoms with Crippen LogP contribution in [0.2, 0.25) is 5.02 Å². The minimum absolute atomic E-state index is 0.244. The number of rotatable bonds is 2. The molecule has 0 aliphatic carbocycles. The number of H-pyrrole nitrogens is 1. The summed E-state index contributed by atoms with van der Waals surface area (Å²) in [4.78, 5) is 16.2. The molecule has 1 aromatic carbocycles. The van der Waals surface area contributed by atoms with Crippen molar-refractivity contribution in [3.05, 3.63) is 47.2 Å². The van der Waals surface area contributed by atoms with Gasteiger partial charge in [0.15, 0.2) is 11.5 Å². The fourth-order valence-corrected chi connectivity index (χ4v) is 2.02. The minimum Gasteiger partial charge on any atom is -0.399 e. The fraction of sp³-hybridized carbons (Fsp3) is 0. The van der Waals surface area contributed by atoms with E-state index in [1.807, 2.05) is 0 Å². The number of aromatic amines is 1. The third-order valence-corrected chi connectivity index (χ3v) is 3.10. The Balaban J connectivity index is 1.97. The van der Waals surface area contributed by atoms with E-state index >= 15 is 0 Å². The number of nitrogens with zero attached hydrogens (tertiary/aromatic N) is 2. The predicted molar refractivity (Wildman–Crippen MR) is 77.7 cm³/mol. The van der Waals surface area contributed by atoms with Crippen molar-refractivity contribution >= 4 is 39.9 Å². The van der Waals surface area contributed by atoms with E-state index in [2.05, 4.69) is 20.5 Å². The van der Waals surface area contributed by atoms with Gasteiger partial charge in [0.1, 0.15) is 0 Å². The Hall–Kier alpha value is -2.60. The molecule has 0 atom stereocenters. The van der Waals surface area contributed by atoms with Gasteiger partial charge in [-0.25, -0.2) is 4.98 Å². The Bertz CT molecular complexity index is 798. The highest BCUT2D eigenvalue weighted by Gasteiger charge is 2.16. The summed E-state index contributed by atoms with van der Waals surface area (Å²) in [7, 11) is 0. The smallest absolute Gasteiger partial charge is 0.277 e. The number of hydrogen-bond donors (Lipinski definition) is 3. The van der Waals surface area contributed by atoms with Crippen molar-refractivity contribution in [1.82, 2.24) is 15.2 Å². The predicted octanol–water partition coefficient (Wildman–Crippen LogP) is 2.45. The molecular weight excluding hydrogens is 278 g/mol. The molecule has 0 bridgehead atoms. The molecule has 7 heteroatoms. The number of nitrogen functional groups attached to an aromatic ring is 1. The summed E-state index contributed by atoms with van der Waals surface area (Å²) in [5.74, 6) is -0.110. The Morgan fingerprint density at radius 1 is 1.35 bits per heavy atom. The number of anilines is 2. The van der Waals surface area contributed by atoms with Crippen LogP contribution in [0.25, 0.3) is 10.9 Å². The molecular formula is C13H10ClN5O. The molecule has 1 amide bonds. The van der Waals surface area contributed by atoms with E-state index in [0.717, 1.165) is 5.52 Å². The lowest BCUT2D eigenvalue weighted by atomic mass is 10.2. The van der Waals surface area contributed by atoms with Crippen molar-refractivity contribution in [2.24, 2.45) is 0 Å². The second-order valence-electron chi connectivity index (χ2n) is 4.17. The number of amides is 1. The number of carbonyl (C=O) groups excluding carboxylic acids is 1. The number of fused-ring (bicyclic) bond motifs is 1. The van der Waals surface area contributed by atoms with E-state index < -0.39 is 5.91 Å². The van der Waals surface area contributed by atoms with Gasteiger partial charge in [0.05, 0.1) is 10.5 Å². The summed E-state index contributed by atoms with van der Waals surface area (Å²) in [6.45, 7) is 0. The summed E-state index contributed by atoms with van der Waals surface area (Å²) in [5, 5.41) is 10.4. The molecule has 0 spiro atoms. The van der Waals surface area contributed by atoms with Crippen LogP contribution in [0.15, 0.2) is 36.5 Å². The lowest BCUT2D eigenvalue weighted by Gasteiger charge is -2.04. The molecule has 3 aromatic rings. The molecule has 0 fully saturated rings. The molecule has 0 saturated heterocycles. The average molecular weight is 288 g/mol. The normalized spacial score (nSPS) is 10.7. The molecule has 20 heavy (non-hydrogen) atoms. The first-order valence-corrected chi connectivity index (χ1v) is 6.18. The summed E-state index contributed by atoms with van der Waals surface area (Å²) in [6, 6.07) is 8.52. The Kier molecular flexibility index (Phi) is 3.00. The van der Waals surface area contributed by atoms with Gasteiger partial charge in [0.2, 0.25) is 0 Å². The van der Waals surface area contributed by atoms with Crippen LogP contribution in [-0.2, 0) is 0 Å². The van der Waals surface area contributed by atoms with Crippen LogP contribution in [-0.4, -0.2) is 21.1 Å². The van der Waals surface area contributed by atoms with Gasteiger partial charge < -0.3 is 11.1 Å². The zero-order chi connectivity index (χ0) is 14.1. The van der Waals surface area contributed by atoms with Crippen LogP contribution in [0.5, 0.6) is 0 Å². The summed E-state index contributed by atoms with van der Waals surface area (Å²) >= 11 is 5.95. The average Bonchev–Trinajstić information content (AvgIpc) is 2.84. The van der Waals surface area contributed by atoms with Crippen LogP contribution in [0.4, 0.5) is 11.5 Å². The highest BCUT2D eigenvalue weighted by Crippen LogP contribution is 2.22. The highest BCUT2D eigenvalue weighted by molar-refractivity contribution is 6.33. The highest BCUT2D eigenvalue weighted by atomic mass is 35.5. The zero-order valence-electron chi connectivity index (χ0n) is 10.2. The fourth-order valence-electron chi connectivity index (χ4n) is 1.85. The number of nitrogens with one attached hydrogen (secondary N) is 2. The van der Waals surface area contributed by atoms with Gasteiger partial charge in [-0.3, -0.25) is 9.89 Å². The molecule has 4 N–H and O–H groups in total. The summed E-state index contributed by atoms with van der Waals surface area (Å²) in [6.07, 6.45) is 1.54. The van der Waals surface area contributed by atoms with Crippen molar-refractivity contribution in [2.75, 3.05) is 11.1 Å². The number of aromatic nitrogens is 3. The van der Waals surface area contributed by atoms with E-state index in [4.69, 9.17) is 17.3 Å². The summed E-state index contributed by atoms with van der Waals surface area (Å²) < 4.78 is 0. The van der Waals surface area contributed by atoms with Gasteiger partial charge in [-0.15, -0.1) is 0 Å². The van der Waals surface area contributed by atoms with E-state index in [-0.39, 0.29) is 5.69 Å². The van der Waals surface area contributed by atoms with Crippen molar-refractivity contribution in [3.63, 3.8) is 0 Å². The SMILES string of the molecule is Nc1ccc2[nH]nc(C(=O)Nc3ncccc3Cl)c2c1. The maximum absolute atomic E-state index is 12.2. The topological polar surface area (TPSA) is 96.7 Å².